The molecule has 1 aromatic carbocycles. The molecule has 6 nitrogen and oxygen atoms in total. The Morgan fingerprint density at radius 2 is 1.72 bits per heavy atom. The summed E-state index contributed by atoms with van der Waals surface area (Å²) < 4.78 is 27.6. The lowest BCUT2D eigenvalue weighted by molar-refractivity contribution is -0.134. The highest BCUT2D eigenvalue weighted by atomic mass is 32.2. The van der Waals surface area contributed by atoms with Crippen LogP contribution in [0, 0.1) is 5.92 Å². The molecule has 7 heteroatoms. The summed E-state index contributed by atoms with van der Waals surface area (Å²) in [6.07, 6.45) is 1.85. The fraction of sp³-hybridized carbons (Fsp3) is 0.611. The summed E-state index contributed by atoms with van der Waals surface area (Å²) in [7, 11) is -3.60. The van der Waals surface area contributed by atoms with Crippen LogP contribution in [0.25, 0.3) is 0 Å². The molecule has 0 unspecified atom stereocenters. The second-order valence-electron chi connectivity index (χ2n) is 7.16. The summed E-state index contributed by atoms with van der Waals surface area (Å²) >= 11 is 0. The highest BCUT2D eigenvalue weighted by molar-refractivity contribution is 7.89. The van der Waals surface area contributed by atoms with Gasteiger partial charge in [-0.3, -0.25) is 9.69 Å². The number of likely N-dealkylation sites (tertiary alicyclic amines) is 1. The van der Waals surface area contributed by atoms with E-state index in [1.165, 1.54) is 4.31 Å². The van der Waals surface area contributed by atoms with Gasteiger partial charge in [0.05, 0.1) is 11.4 Å². The van der Waals surface area contributed by atoms with E-state index in [2.05, 4.69) is 4.90 Å². The average Bonchev–Trinajstić information content (AvgIpc) is 3.25. The third kappa shape index (κ3) is 3.73. The number of sulfonamides is 1. The van der Waals surface area contributed by atoms with Gasteiger partial charge in [0.15, 0.2) is 0 Å². The van der Waals surface area contributed by atoms with Gasteiger partial charge in [-0.25, -0.2) is 8.42 Å². The predicted octanol–water partition coefficient (Wildman–Crippen LogP) is 1.60. The first-order chi connectivity index (χ1) is 11.9. The van der Waals surface area contributed by atoms with Crippen molar-refractivity contribution in [3.05, 3.63) is 30.3 Å². The molecule has 2 aliphatic heterocycles. The SMILES string of the molecule is CC(C)[C@H]1N(C(=O)CN2CCCC2)CCN1S(=O)(=O)c1ccccc1. The smallest absolute Gasteiger partial charge is 0.244 e. The van der Waals surface area contributed by atoms with Crippen molar-refractivity contribution in [1.29, 1.82) is 0 Å². The normalized spacial score (nSPS) is 22.8. The summed E-state index contributed by atoms with van der Waals surface area (Å²) in [5, 5.41) is 0. The first-order valence-electron chi connectivity index (χ1n) is 9.00. The van der Waals surface area contributed by atoms with Crippen molar-refractivity contribution in [3.8, 4) is 0 Å². The van der Waals surface area contributed by atoms with Gasteiger partial charge in [0.2, 0.25) is 15.9 Å². The van der Waals surface area contributed by atoms with Crippen molar-refractivity contribution in [2.45, 2.75) is 37.8 Å². The maximum Gasteiger partial charge on any atom is 0.244 e. The van der Waals surface area contributed by atoms with Crippen molar-refractivity contribution in [2.75, 3.05) is 32.7 Å². The fourth-order valence-electron chi connectivity index (χ4n) is 3.80. The molecule has 3 rings (SSSR count). The number of benzene rings is 1. The zero-order valence-corrected chi connectivity index (χ0v) is 15.8. The lowest BCUT2D eigenvalue weighted by Crippen LogP contribution is -2.49. The Labute approximate surface area is 150 Å². The van der Waals surface area contributed by atoms with E-state index in [0.29, 0.717) is 19.6 Å². The maximum absolute atomic E-state index is 13.0. The molecule has 1 aromatic rings. The van der Waals surface area contributed by atoms with E-state index in [0.717, 1.165) is 25.9 Å². The second kappa shape index (κ2) is 7.43. The first kappa shape index (κ1) is 18.4. The van der Waals surface area contributed by atoms with Gasteiger partial charge in [-0.05, 0) is 44.0 Å². The predicted molar refractivity (Wildman–Crippen MR) is 96.3 cm³/mol. The molecule has 0 saturated carbocycles. The van der Waals surface area contributed by atoms with Gasteiger partial charge in [-0.1, -0.05) is 32.0 Å². The Morgan fingerprint density at radius 1 is 1.08 bits per heavy atom. The van der Waals surface area contributed by atoms with Crippen molar-refractivity contribution in [1.82, 2.24) is 14.1 Å². The Hall–Kier alpha value is -1.44. The number of hydrogen-bond acceptors (Lipinski definition) is 4. The van der Waals surface area contributed by atoms with Gasteiger partial charge in [0, 0.05) is 13.1 Å². The molecule has 25 heavy (non-hydrogen) atoms. The number of amides is 1. The van der Waals surface area contributed by atoms with Crippen LogP contribution >= 0.6 is 0 Å². The molecule has 138 valence electrons. The minimum absolute atomic E-state index is 0.0310. The number of nitrogens with zero attached hydrogens (tertiary/aromatic N) is 3. The number of rotatable bonds is 5. The topological polar surface area (TPSA) is 60.9 Å². The highest BCUT2D eigenvalue weighted by Gasteiger charge is 2.43. The van der Waals surface area contributed by atoms with Crippen molar-refractivity contribution < 1.29 is 13.2 Å². The van der Waals surface area contributed by atoms with Crippen molar-refractivity contribution >= 4 is 15.9 Å². The highest BCUT2D eigenvalue weighted by Crippen LogP contribution is 2.28. The molecule has 2 saturated heterocycles. The van der Waals surface area contributed by atoms with Crippen molar-refractivity contribution in [2.24, 2.45) is 5.92 Å². The Morgan fingerprint density at radius 3 is 2.32 bits per heavy atom. The molecule has 1 atom stereocenters. The second-order valence-corrected chi connectivity index (χ2v) is 9.05. The minimum atomic E-state index is -3.60. The summed E-state index contributed by atoms with van der Waals surface area (Å²) in [5.41, 5.74) is 0. The molecule has 2 aliphatic rings. The van der Waals surface area contributed by atoms with Crippen LogP contribution < -0.4 is 0 Å². The number of carbonyl (C=O) groups excluding carboxylic acids is 1. The first-order valence-corrected chi connectivity index (χ1v) is 10.4. The fourth-order valence-corrected chi connectivity index (χ4v) is 5.54. The maximum atomic E-state index is 13.0. The molecular weight excluding hydrogens is 338 g/mol. The van der Waals surface area contributed by atoms with Crippen LogP contribution in [0.2, 0.25) is 0 Å². The van der Waals surface area contributed by atoms with Crippen LogP contribution in [0.4, 0.5) is 0 Å². The van der Waals surface area contributed by atoms with E-state index in [1.807, 2.05) is 13.8 Å². The quantitative estimate of drug-likeness (QED) is 0.795. The van der Waals surface area contributed by atoms with Gasteiger partial charge >= 0.3 is 0 Å². The van der Waals surface area contributed by atoms with E-state index in [1.54, 1.807) is 35.2 Å². The van der Waals surface area contributed by atoms with E-state index in [-0.39, 0.29) is 16.7 Å². The molecule has 0 aromatic heterocycles. The zero-order valence-electron chi connectivity index (χ0n) is 15.0. The zero-order chi connectivity index (χ0) is 18.0. The molecule has 2 heterocycles. The summed E-state index contributed by atoms with van der Waals surface area (Å²) in [5.74, 6) is 0.0647. The summed E-state index contributed by atoms with van der Waals surface area (Å²) in [6, 6.07) is 8.48. The van der Waals surface area contributed by atoms with Crippen LogP contribution in [-0.4, -0.2) is 67.3 Å². The Kier molecular flexibility index (Phi) is 5.46. The largest absolute Gasteiger partial charge is 0.323 e. The number of hydrogen-bond donors (Lipinski definition) is 0. The Balaban J connectivity index is 1.81. The lowest BCUT2D eigenvalue weighted by Gasteiger charge is -2.33. The van der Waals surface area contributed by atoms with Crippen LogP contribution in [0.3, 0.4) is 0 Å². The van der Waals surface area contributed by atoms with Crippen LogP contribution in [0.5, 0.6) is 0 Å². The molecule has 0 spiro atoms. The van der Waals surface area contributed by atoms with Gasteiger partial charge in [-0.2, -0.15) is 4.31 Å². The van der Waals surface area contributed by atoms with E-state index in [9.17, 15) is 13.2 Å². The van der Waals surface area contributed by atoms with E-state index < -0.39 is 16.2 Å². The van der Waals surface area contributed by atoms with Crippen LogP contribution in [-0.2, 0) is 14.8 Å². The molecule has 0 bridgehead atoms. The van der Waals surface area contributed by atoms with Gasteiger partial charge in [0.1, 0.15) is 6.17 Å². The molecular formula is C18H27N3O3S. The standard InChI is InChI=1S/C18H27N3O3S/c1-15(2)18-20(17(22)14-19-10-6-7-11-19)12-13-21(18)25(23,24)16-8-4-3-5-9-16/h3-5,8-9,15,18H,6-7,10-14H2,1-2H3/t18-/m0/s1. The third-order valence-corrected chi connectivity index (χ3v) is 6.88. The average molecular weight is 365 g/mol. The summed E-state index contributed by atoms with van der Waals surface area (Å²) in [4.78, 5) is 17.0. The number of carbonyl (C=O) groups is 1. The minimum Gasteiger partial charge on any atom is -0.323 e. The molecule has 0 radical (unpaired) electrons. The third-order valence-electron chi connectivity index (χ3n) is 5.00. The summed E-state index contributed by atoms with van der Waals surface area (Å²) in [6.45, 7) is 7.06. The van der Waals surface area contributed by atoms with Gasteiger partial charge in [0.25, 0.3) is 0 Å². The molecule has 2 fully saturated rings. The molecule has 0 aliphatic carbocycles. The monoisotopic (exact) mass is 365 g/mol. The van der Waals surface area contributed by atoms with E-state index >= 15 is 0 Å². The van der Waals surface area contributed by atoms with Gasteiger partial charge in [-0.15, -0.1) is 0 Å². The van der Waals surface area contributed by atoms with Gasteiger partial charge < -0.3 is 4.90 Å². The van der Waals surface area contributed by atoms with Crippen LogP contribution in [0.15, 0.2) is 35.2 Å². The van der Waals surface area contributed by atoms with Crippen molar-refractivity contribution in [3.63, 3.8) is 0 Å². The van der Waals surface area contributed by atoms with E-state index in [4.69, 9.17) is 0 Å². The lowest BCUT2D eigenvalue weighted by atomic mass is 10.1. The Bertz CT molecular complexity index is 700. The molecule has 1 amide bonds. The molecule has 0 N–H and O–H groups in total. The van der Waals surface area contributed by atoms with Crippen LogP contribution in [0.1, 0.15) is 26.7 Å².